The number of carbonyl (C=O) groups excluding carboxylic acids is 1. The van der Waals surface area contributed by atoms with Crippen LogP contribution >= 0.6 is 0 Å². The monoisotopic (exact) mass is 438 g/mol. The molecule has 176 valence electrons. The van der Waals surface area contributed by atoms with Crippen LogP contribution in [0.4, 0.5) is 0 Å². The van der Waals surface area contributed by atoms with Gasteiger partial charge in [0.1, 0.15) is 11.5 Å². The largest absolute Gasteiger partial charge is 0.508 e. The van der Waals surface area contributed by atoms with Crippen LogP contribution < -0.4 is 0 Å². The van der Waals surface area contributed by atoms with Crippen molar-refractivity contribution >= 4 is 5.78 Å². The van der Waals surface area contributed by atoms with Gasteiger partial charge in [0.25, 0.3) is 0 Å². The number of hydrogen-bond acceptors (Lipinski definition) is 3. The van der Waals surface area contributed by atoms with Crippen LogP contribution in [0.3, 0.4) is 0 Å². The topological polar surface area (TPSA) is 57.5 Å². The number of unbranched alkanes of at least 4 members (excludes halogenated alkanes) is 10. The molecule has 2 N–H and O–H groups in total. The minimum absolute atomic E-state index is 0.0570. The molecule has 0 bridgehead atoms. The van der Waals surface area contributed by atoms with E-state index in [1.54, 1.807) is 24.3 Å². The molecule has 0 heterocycles. The van der Waals surface area contributed by atoms with E-state index in [4.69, 9.17) is 0 Å². The second-order valence-corrected chi connectivity index (χ2v) is 9.05. The molecule has 2 rings (SSSR count). The van der Waals surface area contributed by atoms with Crippen LogP contribution in [0.25, 0.3) is 0 Å². The van der Waals surface area contributed by atoms with Crippen molar-refractivity contribution < 1.29 is 15.0 Å². The Morgan fingerprint density at radius 1 is 0.594 bits per heavy atom. The average Bonchev–Trinajstić information content (AvgIpc) is 2.80. The normalized spacial score (nSPS) is 11.1. The highest BCUT2D eigenvalue weighted by molar-refractivity contribution is 6.09. The van der Waals surface area contributed by atoms with Crippen molar-refractivity contribution in [1.29, 1.82) is 0 Å². The van der Waals surface area contributed by atoms with Gasteiger partial charge in [-0.1, -0.05) is 78.1 Å². The van der Waals surface area contributed by atoms with Crippen molar-refractivity contribution in [2.75, 3.05) is 0 Å². The van der Waals surface area contributed by atoms with Crippen LogP contribution in [0.15, 0.2) is 36.4 Å². The van der Waals surface area contributed by atoms with E-state index < -0.39 is 0 Å². The molecule has 0 saturated heterocycles. The first-order valence-electron chi connectivity index (χ1n) is 12.7. The zero-order valence-electron chi connectivity index (χ0n) is 20.2. The van der Waals surface area contributed by atoms with Crippen molar-refractivity contribution in [3.63, 3.8) is 0 Å². The summed E-state index contributed by atoms with van der Waals surface area (Å²) in [6, 6.07) is 10.3. The Morgan fingerprint density at radius 3 is 1.38 bits per heavy atom. The molecule has 2 aromatic carbocycles. The maximum atomic E-state index is 13.1. The Balaban J connectivity index is 1.97. The second-order valence-electron chi connectivity index (χ2n) is 9.05. The molecule has 0 atom stereocenters. The van der Waals surface area contributed by atoms with Gasteiger partial charge in [-0.25, -0.2) is 0 Å². The van der Waals surface area contributed by atoms with E-state index in [1.165, 1.54) is 51.4 Å². The maximum Gasteiger partial charge on any atom is 0.193 e. The molecule has 0 aromatic heterocycles. The average molecular weight is 439 g/mol. The third kappa shape index (κ3) is 8.68. The quantitative estimate of drug-likeness (QED) is 0.205. The van der Waals surface area contributed by atoms with E-state index in [9.17, 15) is 15.0 Å². The lowest BCUT2D eigenvalue weighted by Gasteiger charge is -2.10. The summed E-state index contributed by atoms with van der Waals surface area (Å²) in [6.45, 7) is 4.43. The SMILES string of the molecule is CCCCCCCCc1cc(C(=O)c2ccc(O)c(CCCCCCCC)c2)ccc1O. The lowest BCUT2D eigenvalue weighted by Crippen LogP contribution is -2.03. The van der Waals surface area contributed by atoms with E-state index in [1.807, 2.05) is 12.1 Å². The fraction of sp³-hybridized carbons (Fsp3) is 0.552. The number of ketones is 1. The molecule has 0 amide bonds. The number of hydrogen-bond donors (Lipinski definition) is 2. The maximum absolute atomic E-state index is 13.1. The molecule has 0 fully saturated rings. The van der Waals surface area contributed by atoms with E-state index >= 15 is 0 Å². The molecule has 0 aliphatic carbocycles. The van der Waals surface area contributed by atoms with E-state index in [2.05, 4.69) is 13.8 Å². The molecule has 0 spiro atoms. The van der Waals surface area contributed by atoms with Crippen LogP contribution in [0.5, 0.6) is 11.5 Å². The second kappa shape index (κ2) is 14.7. The molecule has 3 heteroatoms. The highest BCUT2D eigenvalue weighted by Gasteiger charge is 2.14. The molecular formula is C29H42O3. The Hall–Kier alpha value is -2.29. The van der Waals surface area contributed by atoms with Gasteiger partial charge >= 0.3 is 0 Å². The Morgan fingerprint density at radius 2 is 0.969 bits per heavy atom. The third-order valence-corrected chi connectivity index (χ3v) is 6.28. The van der Waals surface area contributed by atoms with E-state index in [0.29, 0.717) is 11.1 Å². The molecule has 32 heavy (non-hydrogen) atoms. The summed E-state index contributed by atoms with van der Waals surface area (Å²) in [5.41, 5.74) is 2.88. The summed E-state index contributed by atoms with van der Waals surface area (Å²) in [6.07, 6.45) is 15.9. The number of aromatic hydroxyl groups is 2. The highest BCUT2D eigenvalue weighted by Crippen LogP contribution is 2.26. The van der Waals surface area contributed by atoms with E-state index in [-0.39, 0.29) is 17.3 Å². The number of phenols is 2. The van der Waals surface area contributed by atoms with Crippen LogP contribution in [-0.4, -0.2) is 16.0 Å². The fourth-order valence-electron chi connectivity index (χ4n) is 4.21. The molecule has 0 saturated carbocycles. The van der Waals surface area contributed by atoms with Gasteiger partial charge in [-0.3, -0.25) is 4.79 Å². The first kappa shape index (κ1) is 26.0. The lowest BCUT2D eigenvalue weighted by molar-refractivity contribution is 0.103. The molecule has 0 aliphatic heterocycles. The van der Waals surface area contributed by atoms with Gasteiger partial charge in [0.2, 0.25) is 0 Å². The lowest BCUT2D eigenvalue weighted by atomic mass is 9.95. The van der Waals surface area contributed by atoms with Crippen molar-refractivity contribution in [1.82, 2.24) is 0 Å². The predicted octanol–water partition coefficient (Wildman–Crippen LogP) is 8.13. The summed E-state index contributed by atoms with van der Waals surface area (Å²) >= 11 is 0. The number of aryl methyl sites for hydroxylation is 2. The summed E-state index contributed by atoms with van der Waals surface area (Å²) in [4.78, 5) is 13.1. The minimum Gasteiger partial charge on any atom is -0.508 e. The summed E-state index contributed by atoms with van der Waals surface area (Å²) < 4.78 is 0. The van der Waals surface area contributed by atoms with Crippen molar-refractivity contribution in [3.8, 4) is 11.5 Å². The van der Waals surface area contributed by atoms with Crippen molar-refractivity contribution in [2.45, 2.75) is 104 Å². The summed E-state index contributed by atoms with van der Waals surface area (Å²) in [5, 5.41) is 20.5. The van der Waals surface area contributed by atoms with E-state index in [0.717, 1.165) is 49.7 Å². The smallest absolute Gasteiger partial charge is 0.193 e. The number of phenolic OH excluding ortho intramolecular Hbond substituents is 2. The van der Waals surface area contributed by atoms with Crippen molar-refractivity contribution in [3.05, 3.63) is 58.7 Å². The van der Waals surface area contributed by atoms with Gasteiger partial charge in [-0.05, 0) is 73.2 Å². The Labute approximate surface area is 194 Å². The van der Waals surface area contributed by atoms with Crippen LogP contribution in [-0.2, 0) is 12.8 Å². The van der Waals surface area contributed by atoms with Gasteiger partial charge < -0.3 is 10.2 Å². The summed E-state index contributed by atoms with van der Waals surface area (Å²) in [5.74, 6) is 0.479. The van der Waals surface area contributed by atoms with Crippen LogP contribution in [0.2, 0.25) is 0 Å². The molecule has 2 aromatic rings. The number of benzene rings is 2. The third-order valence-electron chi connectivity index (χ3n) is 6.28. The minimum atomic E-state index is -0.0570. The van der Waals surface area contributed by atoms with Gasteiger partial charge in [0.15, 0.2) is 5.78 Å². The molecule has 0 aliphatic rings. The van der Waals surface area contributed by atoms with Gasteiger partial charge in [-0.15, -0.1) is 0 Å². The Kier molecular flexibility index (Phi) is 11.9. The van der Waals surface area contributed by atoms with Gasteiger partial charge in [-0.2, -0.15) is 0 Å². The Bertz CT molecular complexity index is 758. The predicted molar refractivity (Wildman–Crippen MR) is 134 cm³/mol. The first-order valence-corrected chi connectivity index (χ1v) is 12.7. The molecule has 3 nitrogen and oxygen atoms in total. The number of carbonyl (C=O) groups is 1. The molecular weight excluding hydrogens is 396 g/mol. The van der Waals surface area contributed by atoms with Crippen LogP contribution in [0.1, 0.15) is 118 Å². The van der Waals surface area contributed by atoms with Crippen molar-refractivity contribution in [2.24, 2.45) is 0 Å². The number of rotatable bonds is 16. The first-order chi connectivity index (χ1) is 15.6. The highest BCUT2D eigenvalue weighted by atomic mass is 16.3. The fourth-order valence-corrected chi connectivity index (χ4v) is 4.21. The van der Waals surface area contributed by atoms with Gasteiger partial charge in [0.05, 0.1) is 0 Å². The molecule has 0 unspecified atom stereocenters. The van der Waals surface area contributed by atoms with Gasteiger partial charge in [0, 0.05) is 11.1 Å². The molecule has 0 radical (unpaired) electrons. The zero-order valence-corrected chi connectivity index (χ0v) is 20.2. The zero-order chi connectivity index (χ0) is 23.2. The summed E-state index contributed by atoms with van der Waals surface area (Å²) in [7, 11) is 0. The van der Waals surface area contributed by atoms with Crippen LogP contribution in [0, 0.1) is 0 Å². The standard InChI is InChI=1S/C29H42O3/c1-3-5-7-9-11-13-15-23-21-25(17-19-27(23)30)29(32)26-18-20-28(31)24(22-26)16-14-12-10-8-6-4-2/h17-22,30-31H,3-16H2,1-2H3.